The minimum absolute atomic E-state index is 0.137. The number of hydrogen-bond donors (Lipinski definition) is 2. The molecule has 0 aliphatic heterocycles. The minimum atomic E-state index is -3.36. The van der Waals surface area contributed by atoms with Crippen molar-refractivity contribution in [3.05, 3.63) is 18.0 Å². The van der Waals surface area contributed by atoms with Crippen molar-refractivity contribution < 1.29 is 8.42 Å². The molecule has 2 saturated carbocycles. The molecule has 3 rings (SSSR count). The monoisotopic (exact) mass is 311 g/mol. The first-order valence-corrected chi connectivity index (χ1v) is 9.51. The Morgan fingerprint density at radius 3 is 2.57 bits per heavy atom. The summed E-state index contributed by atoms with van der Waals surface area (Å²) < 4.78 is 29.7. The van der Waals surface area contributed by atoms with E-state index >= 15 is 0 Å². The summed E-state index contributed by atoms with van der Waals surface area (Å²) >= 11 is 0. The van der Waals surface area contributed by atoms with Gasteiger partial charge in [-0.25, -0.2) is 13.1 Å². The lowest BCUT2D eigenvalue weighted by Gasteiger charge is -2.25. The van der Waals surface area contributed by atoms with Crippen LogP contribution in [0.1, 0.15) is 51.1 Å². The average molecular weight is 311 g/mol. The number of aromatic nitrogens is 1. The molecule has 2 aliphatic rings. The molecule has 0 unspecified atom stereocenters. The van der Waals surface area contributed by atoms with E-state index in [2.05, 4.69) is 21.5 Å². The predicted octanol–water partition coefficient (Wildman–Crippen LogP) is 1.98. The van der Waals surface area contributed by atoms with Crippen LogP contribution in [0, 0.1) is 0 Å². The number of aryl methyl sites for hydroxylation is 1. The third-order valence-corrected chi connectivity index (χ3v) is 5.80. The highest BCUT2D eigenvalue weighted by atomic mass is 32.2. The van der Waals surface area contributed by atoms with Crippen molar-refractivity contribution in [1.82, 2.24) is 14.6 Å². The van der Waals surface area contributed by atoms with Gasteiger partial charge in [-0.2, -0.15) is 0 Å². The number of nitrogens with zero attached hydrogens (tertiary/aromatic N) is 1. The minimum Gasteiger partial charge on any atom is -0.349 e. The number of rotatable bonds is 8. The van der Waals surface area contributed by atoms with Crippen molar-refractivity contribution in [3.63, 3.8) is 0 Å². The molecule has 5 nitrogen and oxygen atoms in total. The van der Waals surface area contributed by atoms with E-state index in [-0.39, 0.29) is 6.04 Å². The van der Waals surface area contributed by atoms with Crippen molar-refractivity contribution in [2.24, 2.45) is 0 Å². The van der Waals surface area contributed by atoms with Gasteiger partial charge in [-0.1, -0.05) is 13.3 Å². The lowest BCUT2D eigenvalue weighted by molar-refractivity contribution is 0.383. The Hall–Kier alpha value is -0.850. The first kappa shape index (κ1) is 15.1. The zero-order valence-electron chi connectivity index (χ0n) is 12.6. The third kappa shape index (κ3) is 3.67. The molecule has 1 aromatic heterocycles. The van der Waals surface area contributed by atoms with Crippen molar-refractivity contribution in [3.8, 4) is 0 Å². The molecule has 2 N–H and O–H groups in total. The Morgan fingerprint density at radius 2 is 2.00 bits per heavy atom. The second-order valence-corrected chi connectivity index (χ2v) is 7.98. The van der Waals surface area contributed by atoms with Crippen molar-refractivity contribution in [2.75, 3.05) is 0 Å². The Morgan fingerprint density at radius 1 is 1.24 bits per heavy atom. The van der Waals surface area contributed by atoms with Gasteiger partial charge in [0.25, 0.3) is 0 Å². The molecule has 0 radical (unpaired) electrons. The fourth-order valence-electron chi connectivity index (χ4n) is 2.62. The van der Waals surface area contributed by atoms with Gasteiger partial charge in [-0.05, 0) is 38.2 Å². The van der Waals surface area contributed by atoms with E-state index in [0.29, 0.717) is 10.9 Å². The van der Waals surface area contributed by atoms with Gasteiger partial charge in [-0.15, -0.1) is 0 Å². The maximum atomic E-state index is 12.4. The summed E-state index contributed by atoms with van der Waals surface area (Å²) in [6.45, 7) is 3.73. The zero-order chi connectivity index (χ0) is 14.9. The third-order valence-electron chi connectivity index (χ3n) is 4.31. The Kier molecular flexibility index (Phi) is 4.38. The van der Waals surface area contributed by atoms with Gasteiger partial charge in [0.2, 0.25) is 10.0 Å². The van der Waals surface area contributed by atoms with E-state index in [1.54, 1.807) is 6.20 Å². The molecule has 1 aromatic rings. The smallest absolute Gasteiger partial charge is 0.242 e. The summed E-state index contributed by atoms with van der Waals surface area (Å²) in [7, 11) is -3.36. The van der Waals surface area contributed by atoms with E-state index in [1.807, 2.05) is 6.07 Å². The molecular weight excluding hydrogens is 286 g/mol. The first-order valence-electron chi connectivity index (χ1n) is 8.03. The quantitative estimate of drug-likeness (QED) is 0.771. The van der Waals surface area contributed by atoms with E-state index in [1.165, 1.54) is 12.8 Å². The number of hydrogen-bond acceptors (Lipinski definition) is 3. The van der Waals surface area contributed by atoms with Gasteiger partial charge in [0.05, 0.1) is 4.90 Å². The van der Waals surface area contributed by atoms with Crippen molar-refractivity contribution >= 4 is 10.0 Å². The van der Waals surface area contributed by atoms with Gasteiger partial charge >= 0.3 is 0 Å². The average Bonchev–Trinajstić information content (AvgIpc) is 3.13. The van der Waals surface area contributed by atoms with Crippen LogP contribution in [0.2, 0.25) is 0 Å². The highest BCUT2D eigenvalue weighted by molar-refractivity contribution is 7.89. The number of sulfonamides is 1. The number of nitrogens with one attached hydrogen (secondary N) is 2. The van der Waals surface area contributed by atoms with Gasteiger partial charge in [0.15, 0.2) is 0 Å². The van der Waals surface area contributed by atoms with Crippen LogP contribution in [0.5, 0.6) is 0 Å². The molecule has 0 atom stereocenters. The van der Waals surface area contributed by atoms with E-state index < -0.39 is 10.0 Å². The summed E-state index contributed by atoms with van der Waals surface area (Å²) in [5.74, 6) is 0. The topological polar surface area (TPSA) is 63.1 Å². The molecule has 0 spiro atoms. The molecule has 2 fully saturated rings. The second kappa shape index (κ2) is 6.10. The van der Waals surface area contributed by atoms with Crippen LogP contribution in [-0.2, 0) is 23.1 Å². The van der Waals surface area contributed by atoms with E-state index in [0.717, 1.165) is 44.5 Å². The van der Waals surface area contributed by atoms with Crippen molar-refractivity contribution in [2.45, 2.75) is 75.5 Å². The lowest BCUT2D eigenvalue weighted by atomic mass is 9.94. The Labute approximate surface area is 127 Å². The molecule has 1 heterocycles. The molecule has 118 valence electrons. The highest BCUT2D eigenvalue weighted by Crippen LogP contribution is 2.23. The molecule has 0 amide bonds. The van der Waals surface area contributed by atoms with Crippen LogP contribution < -0.4 is 10.0 Å². The molecule has 6 heteroatoms. The van der Waals surface area contributed by atoms with Gasteiger partial charge in [0, 0.05) is 37.1 Å². The summed E-state index contributed by atoms with van der Waals surface area (Å²) in [5, 5.41) is 3.46. The first-order chi connectivity index (χ1) is 10.1. The van der Waals surface area contributed by atoms with Crippen LogP contribution in [0.3, 0.4) is 0 Å². The largest absolute Gasteiger partial charge is 0.349 e. The Bertz CT molecular complexity index is 586. The van der Waals surface area contributed by atoms with Crippen LogP contribution in [0.4, 0.5) is 0 Å². The molecule has 0 aromatic carbocycles. The SMILES string of the molecule is CCCn1cc(S(=O)(=O)NC2CCC2)cc1CNC1CC1. The van der Waals surface area contributed by atoms with Crippen LogP contribution >= 0.6 is 0 Å². The second-order valence-electron chi connectivity index (χ2n) is 6.26. The summed E-state index contributed by atoms with van der Waals surface area (Å²) in [6, 6.07) is 2.59. The maximum absolute atomic E-state index is 12.4. The fourth-order valence-corrected chi connectivity index (χ4v) is 3.99. The Balaban J connectivity index is 1.74. The molecule has 0 bridgehead atoms. The standard InChI is InChI=1S/C15H25N3O2S/c1-2-8-18-11-15(9-14(18)10-16-12-6-7-12)21(19,20)17-13-4-3-5-13/h9,11-13,16-17H,2-8,10H2,1H3. The lowest BCUT2D eigenvalue weighted by Crippen LogP contribution is -2.39. The van der Waals surface area contributed by atoms with Crippen LogP contribution in [0.25, 0.3) is 0 Å². The summed E-state index contributed by atoms with van der Waals surface area (Å²) in [5.41, 5.74) is 1.07. The highest BCUT2D eigenvalue weighted by Gasteiger charge is 2.26. The van der Waals surface area contributed by atoms with E-state index in [9.17, 15) is 8.42 Å². The molecule has 21 heavy (non-hydrogen) atoms. The summed E-state index contributed by atoms with van der Waals surface area (Å²) in [6.07, 6.45) is 8.32. The van der Waals surface area contributed by atoms with Gasteiger partial charge in [-0.3, -0.25) is 0 Å². The predicted molar refractivity (Wildman–Crippen MR) is 82.5 cm³/mol. The molecule has 2 aliphatic carbocycles. The molecule has 0 saturated heterocycles. The van der Waals surface area contributed by atoms with Crippen LogP contribution in [-0.4, -0.2) is 25.1 Å². The van der Waals surface area contributed by atoms with Crippen LogP contribution in [0.15, 0.2) is 17.2 Å². The zero-order valence-corrected chi connectivity index (χ0v) is 13.5. The summed E-state index contributed by atoms with van der Waals surface area (Å²) in [4.78, 5) is 0.412. The van der Waals surface area contributed by atoms with Gasteiger partial charge < -0.3 is 9.88 Å². The van der Waals surface area contributed by atoms with E-state index in [4.69, 9.17) is 0 Å². The maximum Gasteiger partial charge on any atom is 0.242 e. The molecular formula is C15H25N3O2S. The normalized spacial score (nSPS) is 19.7. The fraction of sp³-hybridized carbons (Fsp3) is 0.733. The van der Waals surface area contributed by atoms with Gasteiger partial charge in [0.1, 0.15) is 0 Å². The van der Waals surface area contributed by atoms with Crippen molar-refractivity contribution in [1.29, 1.82) is 0 Å².